The highest BCUT2D eigenvalue weighted by Crippen LogP contribution is 2.33. The van der Waals surface area contributed by atoms with Crippen molar-refractivity contribution >= 4 is 39.9 Å². The highest BCUT2D eigenvalue weighted by molar-refractivity contribution is 7.18. The number of nitrogens with two attached hydrogens (primary N) is 1. The number of carbonyl (C=O) groups excluding carboxylic acids is 1. The van der Waals surface area contributed by atoms with Crippen LogP contribution in [0, 0.1) is 0 Å². The molecule has 9 heteroatoms. The van der Waals surface area contributed by atoms with Crippen LogP contribution < -0.4 is 5.73 Å². The third-order valence-electron chi connectivity index (χ3n) is 3.89. The second-order valence-corrected chi connectivity index (χ2v) is 6.79. The molecule has 1 aliphatic heterocycles. The second kappa shape index (κ2) is 7.25. The van der Waals surface area contributed by atoms with Crippen LogP contribution in [0.5, 0.6) is 0 Å². The monoisotopic (exact) mass is 379 g/mol. The minimum absolute atomic E-state index is 0. The lowest BCUT2D eigenvalue weighted by Crippen LogP contribution is -2.31. The maximum atomic E-state index is 12.7. The lowest BCUT2D eigenvalue weighted by atomic mass is 10.2. The Morgan fingerprint density at radius 3 is 2.79 bits per heavy atom. The molecule has 1 amide bonds. The molecular weight excluding hydrogens is 363 g/mol. The summed E-state index contributed by atoms with van der Waals surface area (Å²) in [6, 6.07) is 3.58. The number of carbonyl (C=O) groups is 1. The van der Waals surface area contributed by atoms with E-state index in [-0.39, 0.29) is 24.4 Å². The number of aromatic nitrogens is 1. The van der Waals surface area contributed by atoms with E-state index in [2.05, 4.69) is 4.98 Å². The van der Waals surface area contributed by atoms with Gasteiger partial charge >= 0.3 is 6.18 Å². The first-order valence-corrected chi connectivity index (χ1v) is 8.14. The van der Waals surface area contributed by atoms with Gasteiger partial charge in [-0.05, 0) is 24.6 Å². The zero-order chi connectivity index (χ0) is 16.6. The first-order chi connectivity index (χ1) is 10.8. The number of likely N-dealkylation sites (tertiary alicyclic amines) is 1. The van der Waals surface area contributed by atoms with Crippen LogP contribution in [0.3, 0.4) is 0 Å². The van der Waals surface area contributed by atoms with Crippen LogP contribution in [0.15, 0.2) is 18.2 Å². The van der Waals surface area contributed by atoms with Gasteiger partial charge in [-0.2, -0.15) is 13.2 Å². The number of amides is 1. The van der Waals surface area contributed by atoms with Crippen molar-refractivity contribution in [2.24, 2.45) is 5.73 Å². The summed E-state index contributed by atoms with van der Waals surface area (Å²) in [7, 11) is 0. The number of aryl methyl sites for hydroxylation is 1. The Morgan fingerprint density at radius 2 is 2.17 bits per heavy atom. The van der Waals surface area contributed by atoms with Gasteiger partial charge in [0, 0.05) is 32.0 Å². The van der Waals surface area contributed by atoms with Crippen molar-refractivity contribution in [3.63, 3.8) is 0 Å². The highest BCUT2D eigenvalue weighted by Gasteiger charge is 2.30. The number of thiazole rings is 1. The van der Waals surface area contributed by atoms with Crippen LogP contribution in [0.25, 0.3) is 10.2 Å². The smallest absolute Gasteiger partial charge is 0.341 e. The fourth-order valence-electron chi connectivity index (χ4n) is 2.64. The van der Waals surface area contributed by atoms with E-state index in [1.54, 1.807) is 4.90 Å². The standard InChI is InChI=1S/C15H16F3N3OS.ClH/c16-15(17,18)9-1-2-12-11(7-9)20-13(23-12)3-4-14(22)21-6-5-10(19)8-21;/h1-2,7,10H,3-6,8,19H2;1H/t10-;/m1./s1. The quantitative estimate of drug-likeness (QED) is 0.890. The number of rotatable bonds is 3. The van der Waals surface area contributed by atoms with E-state index in [0.29, 0.717) is 41.2 Å². The van der Waals surface area contributed by atoms with Crippen LogP contribution in [-0.2, 0) is 17.4 Å². The number of hydrogen-bond acceptors (Lipinski definition) is 4. The van der Waals surface area contributed by atoms with E-state index < -0.39 is 11.7 Å². The molecule has 4 nitrogen and oxygen atoms in total. The Labute approximate surface area is 147 Å². The third kappa shape index (κ3) is 4.17. The van der Waals surface area contributed by atoms with Crippen LogP contribution in [0.1, 0.15) is 23.4 Å². The SMILES string of the molecule is Cl.N[C@@H]1CCN(C(=O)CCc2nc3cc(C(F)(F)F)ccc3s2)C1. The van der Waals surface area contributed by atoms with E-state index in [1.165, 1.54) is 17.4 Å². The number of hydrogen-bond donors (Lipinski definition) is 1. The average Bonchev–Trinajstić information content (AvgIpc) is 3.08. The van der Waals surface area contributed by atoms with Crippen molar-refractivity contribution in [3.8, 4) is 0 Å². The van der Waals surface area contributed by atoms with Gasteiger partial charge in [0.2, 0.25) is 5.91 Å². The molecule has 0 bridgehead atoms. The van der Waals surface area contributed by atoms with Gasteiger partial charge in [0.05, 0.1) is 20.8 Å². The first-order valence-electron chi connectivity index (χ1n) is 7.33. The molecule has 2 aromatic rings. The summed E-state index contributed by atoms with van der Waals surface area (Å²) in [5.41, 5.74) is 5.40. The van der Waals surface area contributed by atoms with E-state index in [0.717, 1.165) is 18.6 Å². The summed E-state index contributed by atoms with van der Waals surface area (Å²) in [5, 5.41) is 0.677. The van der Waals surface area contributed by atoms with E-state index in [4.69, 9.17) is 5.73 Å². The Hall–Kier alpha value is -1.38. The van der Waals surface area contributed by atoms with Gasteiger partial charge < -0.3 is 10.6 Å². The summed E-state index contributed by atoms with van der Waals surface area (Å²) in [5.74, 6) is 0.0215. The third-order valence-corrected chi connectivity index (χ3v) is 4.99. The maximum Gasteiger partial charge on any atom is 0.416 e. The van der Waals surface area contributed by atoms with Gasteiger partial charge in [-0.3, -0.25) is 4.79 Å². The molecular formula is C15H17ClF3N3OS. The van der Waals surface area contributed by atoms with Gasteiger partial charge in [-0.1, -0.05) is 0 Å². The predicted molar refractivity (Wildman–Crippen MR) is 89.4 cm³/mol. The largest absolute Gasteiger partial charge is 0.416 e. The molecule has 0 saturated carbocycles. The molecule has 2 N–H and O–H groups in total. The maximum absolute atomic E-state index is 12.7. The van der Waals surface area contributed by atoms with E-state index in [9.17, 15) is 18.0 Å². The molecule has 1 aliphatic rings. The molecule has 0 radical (unpaired) electrons. The normalized spacial score (nSPS) is 18.0. The molecule has 24 heavy (non-hydrogen) atoms. The van der Waals surface area contributed by atoms with Crippen molar-refractivity contribution in [1.82, 2.24) is 9.88 Å². The van der Waals surface area contributed by atoms with E-state index in [1.807, 2.05) is 0 Å². The summed E-state index contributed by atoms with van der Waals surface area (Å²) in [6.07, 6.45) is -2.82. The molecule has 2 heterocycles. The van der Waals surface area contributed by atoms with Crippen molar-refractivity contribution < 1.29 is 18.0 Å². The Morgan fingerprint density at radius 1 is 1.42 bits per heavy atom. The Bertz CT molecular complexity index is 734. The number of nitrogens with zero attached hydrogens (tertiary/aromatic N) is 2. The number of benzene rings is 1. The number of alkyl halides is 3. The highest BCUT2D eigenvalue weighted by atomic mass is 35.5. The molecule has 1 aromatic heterocycles. The van der Waals surface area contributed by atoms with Gasteiger partial charge in [-0.15, -0.1) is 23.7 Å². The van der Waals surface area contributed by atoms with Crippen molar-refractivity contribution in [3.05, 3.63) is 28.8 Å². The molecule has 1 fully saturated rings. The second-order valence-electron chi connectivity index (χ2n) is 5.68. The van der Waals surface area contributed by atoms with Gasteiger partial charge in [0.25, 0.3) is 0 Å². The Balaban J connectivity index is 0.00000208. The van der Waals surface area contributed by atoms with Crippen molar-refractivity contribution in [2.45, 2.75) is 31.5 Å². The molecule has 0 aliphatic carbocycles. The molecule has 1 aromatic carbocycles. The predicted octanol–water partition coefficient (Wildman–Crippen LogP) is 3.23. The number of fused-ring (bicyclic) bond motifs is 1. The van der Waals surface area contributed by atoms with Gasteiger partial charge in [0.1, 0.15) is 0 Å². The van der Waals surface area contributed by atoms with Gasteiger partial charge in [0.15, 0.2) is 0 Å². The van der Waals surface area contributed by atoms with Crippen molar-refractivity contribution in [1.29, 1.82) is 0 Å². The summed E-state index contributed by atoms with van der Waals surface area (Å²) in [6.45, 7) is 1.25. The number of halogens is 4. The fraction of sp³-hybridized carbons (Fsp3) is 0.467. The molecule has 1 atom stereocenters. The molecule has 0 unspecified atom stereocenters. The van der Waals surface area contributed by atoms with Crippen LogP contribution in [0.4, 0.5) is 13.2 Å². The van der Waals surface area contributed by atoms with Crippen molar-refractivity contribution in [2.75, 3.05) is 13.1 Å². The summed E-state index contributed by atoms with van der Waals surface area (Å²) >= 11 is 1.33. The minimum Gasteiger partial charge on any atom is -0.341 e. The molecule has 0 spiro atoms. The van der Waals surface area contributed by atoms with E-state index >= 15 is 0 Å². The minimum atomic E-state index is -4.37. The Kier molecular flexibility index (Phi) is 5.72. The van der Waals surface area contributed by atoms with Gasteiger partial charge in [-0.25, -0.2) is 4.98 Å². The molecule has 1 saturated heterocycles. The lowest BCUT2D eigenvalue weighted by Gasteiger charge is -2.14. The van der Waals surface area contributed by atoms with Crippen LogP contribution >= 0.6 is 23.7 Å². The fourth-order valence-corrected chi connectivity index (χ4v) is 3.59. The molecule has 132 valence electrons. The first kappa shape index (κ1) is 19.0. The summed E-state index contributed by atoms with van der Waals surface area (Å²) < 4.78 is 38.8. The van der Waals surface area contributed by atoms with Crippen LogP contribution in [0.2, 0.25) is 0 Å². The zero-order valence-electron chi connectivity index (χ0n) is 12.7. The molecule has 3 rings (SSSR count). The summed E-state index contributed by atoms with van der Waals surface area (Å²) in [4.78, 5) is 18.0. The lowest BCUT2D eigenvalue weighted by molar-refractivity contribution is -0.137. The average molecular weight is 380 g/mol. The zero-order valence-corrected chi connectivity index (χ0v) is 14.3. The topological polar surface area (TPSA) is 59.2 Å². The van der Waals surface area contributed by atoms with Crippen LogP contribution in [-0.4, -0.2) is 34.9 Å².